The molecule has 1 fully saturated rings. The summed E-state index contributed by atoms with van der Waals surface area (Å²) in [5.74, 6) is 0.696. The van der Waals surface area contributed by atoms with Crippen molar-refractivity contribution in [1.82, 2.24) is 14.0 Å². The van der Waals surface area contributed by atoms with E-state index in [1.54, 1.807) is 10.5 Å². The molecule has 1 saturated heterocycles. The molecule has 1 aromatic carbocycles. The molecule has 0 spiro atoms. The summed E-state index contributed by atoms with van der Waals surface area (Å²) in [5, 5.41) is 0. The van der Waals surface area contributed by atoms with E-state index in [2.05, 4.69) is 9.71 Å². The van der Waals surface area contributed by atoms with Gasteiger partial charge in [0.1, 0.15) is 12.4 Å². The van der Waals surface area contributed by atoms with Crippen molar-refractivity contribution in [3.05, 3.63) is 59.9 Å². The Hall–Kier alpha value is -1.96. The van der Waals surface area contributed by atoms with Gasteiger partial charge in [0, 0.05) is 25.8 Å². The number of hydrogen-bond donors (Lipinski definition) is 1. The molecule has 1 aliphatic rings. The normalized spacial score (nSPS) is 16.2. The Kier molecular flexibility index (Phi) is 6.60. The van der Waals surface area contributed by atoms with Crippen LogP contribution in [0.4, 0.5) is 0 Å². The summed E-state index contributed by atoms with van der Waals surface area (Å²) in [6.45, 7) is 1.83. The van der Waals surface area contributed by atoms with E-state index in [-0.39, 0.29) is 6.54 Å². The number of ether oxygens (including phenoxy) is 1. The number of pyridine rings is 1. The first-order chi connectivity index (χ1) is 12.6. The molecule has 2 aromatic rings. The summed E-state index contributed by atoms with van der Waals surface area (Å²) in [6.07, 6.45) is 5.78. The average molecular weight is 375 g/mol. The van der Waals surface area contributed by atoms with Crippen LogP contribution in [0.5, 0.6) is 5.75 Å². The Labute approximate surface area is 155 Å². The molecule has 0 unspecified atom stereocenters. The van der Waals surface area contributed by atoms with Crippen molar-refractivity contribution < 1.29 is 13.2 Å². The van der Waals surface area contributed by atoms with Crippen LogP contribution in [0.25, 0.3) is 0 Å². The van der Waals surface area contributed by atoms with Crippen molar-refractivity contribution in [2.75, 3.05) is 13.1 Å². The van der Waals surface area contributed by atoms with E-state index in [9.17, 15) is 8.42 Å². The first kappa shape index (κ1) is 18.8. The zero-order chi connectivity index (χ0) is 18.2. The maximum absolute atomic E-state index is 12.5. The van der Waals surface area contributed by atoms with Gasteiger partial charge in [-0.3, -0.25) is 4.98 Å². The third kappa shape index (κ3) is 5.52. The van der Waals surface area contributed by atoms with Crippen LogP contribution < -0.4 is 9.46 Å². The van der Waals surface area contributed by atoms with Gasteiger partial charge >= 0.3 is 0 Å². The van der Waals surface area contributed by atoms with Gasteiger partial charge in [0.2, 0.25) is 0 Å². The fraction of sp³-hybridized carbons (Fsp3) is 0.421. The lowest BCUT2D eigenvalue weighted by Crippen LogP contribution is -2.40. The van der Waals surface area contributed by atoms with Gasteiger partial charge in [-0.2, -0.15) is 17.4 Å². The number of nitrogens with zero attached hydrogens (tertiary/aromatic N) is 2. The Bertz CT molecular complexity index is 789. The summed E-state index contributed by atoms with van der Waals surface area (Å²) < 4.78 is 35.0. The SMILES string of the molecule is O=S(=O)(NCc1cccc(OCc2ccccn2)c1)N1CCCCCC1. The van der Waals surface area contributed by atoms with Crippen molar-refractivity contribution >= 4 is 10.2 Å². The molecule has 6 nitrogen and oxygen atoms in total. The van der Waals surface area contributed by atoms with Crippen LogP contribution in [0.1, 0.15) is 36.9 Å². The van der Waals surface area contributed by atoms with Crippen LogP contribution in [0.3, 0.4) is 0 Å². The molecular weight excluding hydrogens is 350 g/mol. The fourth-order valence-corrected chi connectivity index (χ4v) is 4.20. The highest BCUT2D eigenvalue weighted by Crippen LogP contribution is 2.16. The molecule has 0 amide bonds. The summed E-state index contributed by atoms with van der Waals surface area (Å²) in [6, 6.07) is 13.1. The molecule has 1 aromatic heterocycles. The van der Waals surface area contributed by atoms with Gasteiger partial charge in [-0.25, -0.2) is 0 Å². The summed E-state index contributed by atoms with van der Waals surface area (Å²) in [4.78, 5) is 4.22. The van der Waals surface area contributed by atoms with Crippen LogP contribution in [0.2, 0.25) is 0 Å². The van der Waals surface area contributed by atoms with Gasteiger partial charge < -0.3 is 4.74 Å². The number of nitrogens with one attached hydrogen (secondary N) is 1. The minimum atomic E-state index is -3.44. The van der Waals surface area contributed by atoms with Crippen molar-refractivity contribution in [2.24, 2.45) is 0 Å². The molecule has 1 N–H and O–H groups in total. The highest BCUT2D eigenvalue weighted by molar-refractivity contribution is 7.87. The Balaban J connectivity index is 1.56. The molecule has 0 aliphatic carbocycles. The van der Waals surface area contributed by atoms with Gasteiger partial charge in [-0.05, 0) is 42.7 Å². The smallest absolute Gasteiger partial charge is 0.279 e. The average Bonchev–Trinajstić information content (AvgIpc) is 2.96. The Morgan fingerprint density at radius 1 is 1.04 bits per heavy atom. The molecule has 2 heterocycles. The van der Waals surface area contributed by atoms with Gasteiger partial charge in [-0.1, -0.05) is 31.0 Å². The van der Waals surface area contributed by atoms with E-state index in [0.29, 0.717) is 25.4 Å². The zero-order valence-corrected chi connectivity index (χ0v) is 15.6. The largest absolute Gasteiger partial charge is 0.487 e. The molecule has 1 aliphatic heterocycles. The van der Waals surface area contributed by atoms with Crippen LogP contribution in [0, 0.1) is 0 Å². The minimum Gasteiger partial charge on any atom is -0.487 e. The predicted molar refractivity (Wildman–Crippen MR) is 101 cm³/mol. The Morgan fingerprint density at radius 2 is 1.85 bits per heavy atom. The van der Waals surface area contributed by atoms with Crippen LogP contribution >= 0.6 is 0 Å². The first-order valence-corrected chi connectivity index (χ1v) is 10.4. The minimum absolute atomic E-state index is 0.250. The lowest BCUT2D eigenvalue weighted by molar-refractivity contribution is 0.301. The van der Waals surface area contributed by atoms with Crippen LogP contribution in [-0.2, 0) is 23.4 Å². The van der Waals surface area contributed by atoms with Crippen molar-refractivity contribution in [1.29, 1.82) is 0 Å². The summed E-state index contributed by atoms with van der Waals surface area (Å²) in [7, 11) is -3.44. The number of hydrogen-bond acceptors (Lipinski definition) is 4. The van der Waals surface area contributed by atoms with Crippen molar-refractivity contribution in [3.8, 4) is 5.75 Å². The van der Waals surface area contributed by atoms with E-state index in [4.69, 9.17) is 4.74 Å². The standard InChI is InChI=1S/C19H25N3O3S/c23-26(24,22-12-5-1-2-6-13-22)21-15-17-8-7-10-19(14-17)25-16-18-9-3-4-11-20-18/h3-4,7-11,14,21H,1-2,5-6,12-13,15-16H2. The highest BCUT2D eigenvalue weighted by atomic mass is 32.2. The van der Waals surface area contributed by atoms with Crippen LogP contribution in [-0.4, -0.2) is 30.8 Å². The van der Waals surface area contributed by atoms with Gasteiger partial charge in [0.05, 0.1) is 5.69 Å². The maximum Gasteiger partial charge on any atom is 0.279 e. The number of aromatic nitrogens is 1. The first-order valence-electron chi connectivity index (χ1n) is 9.00. The van der Waals surface area contributed by atoms with E-state index >= 15 is 0 Å². The lowest BCUT2D eigenvalue weighted by atomic mass is 10.2. The van der Waals surface area contributed by atoms with Crippen LogP contribution in [0.15, 0.2) is 48.7 Å². The van der Waals surface area contributed by atoms with Crippen molar-refractivity contribution in [2.45, 2.75) is 38.8 Å². The fourth-order valence-electron chi connectivity index (χ4n) is 2.93. The molecule has 0 saturated carbocycles. The number of rotatable bonds is 7. The zero-order valence-electron chi connectivity index (χ0n) is 14.8. The van der Waals surface area contributed by atoms with E-state index < -0.39 is 10.2 Å². The van der Waals surface area contributed by atoms with E-state index in [1.807, 2.05) is 42.5 Å². The van der Waals surface area contributed by atoms with E-state index in [1.165, 1.54) is 0 Å². The molecule has 0 atom stereocenters. The molecule has 140 valence electrons. The molecule has 26 heavy (non-hydrogen) atoms. The predicted octanol–water partition coefficient (Wildman–Crippen LogP) is 2.87. The Morgan fingerprint density at radius 3 is 2.58 bits per heavy atom. The van der Waals surface area contributed by atoms with Gasteiger partial charge in [0.15, 0.2) is 0 Å². The molecule has 7 heteroatoms. The highest BCUT2D eigenvalue weighted by Gasteiger charge is 2.22. The topological polar surface area (TPSA) is 71.5 Å². The summed E-state index contributed by atoms with van der Waals surface area (Å²) >= 11 is 0. The second-order valence-electron chi connectivity index (χ2n) is 6.40. The third-order valence-corrected chi connectivity index (χ3v) is 5.93. The molecule has 0 bridgehead atoms. The lowest BCUT2D eigenvalue weighted by Gasteiger charge is -2.20. The van der Waals surface area contributed by atoms with Gasteiger partial charge in [0.25, 0.3) is 10.2 Å². The monoisotopic (exact) mass is 375 g/mol. The second kappa shape index (κ2) is 9.12. The quantitative estimate of drug-likeness (QED) is 0.808. The maximum atomic E-state index is 12.5. The van der Waals surface area contributed by atoms with Crippen molar-refractivity contribution in [3.63, 3.8) is 0 Å². The molecule has 0 radical (unpaired) electrons. The molecular formula is C19H25N3O3S. The second-order valence-corrected chi connectivity index (χ2v) is 8.15. The van der Waals surface area contributed by atoms with E-state index in [0.717, 1.165) is 36.9 Å². The summed E-state index contributed by atoms with van der Waals surface area (Å²) in [5.41, 5.74) is 1.71. The third-order valence-electron chi connectivity index (χ3n) is 4.37. The number of benzene rings is 1. The van der Waals surface area contributed by atoms with Gasteiger partial charge in [-0.15, -0.1) is 0 Å². The molecule has 3 rings (SSSR count).